The van der Waals surface area contributed by atoms with Gasteiger partial charge in [0, 0.05) is 41.4 Å². The van der Waals surface area contributed by atoms with Crippen LogP contribution in [0.25, 0.3) is 23.1 Å². The molecule has 1 aliphatic heterocycles. The van der Waals surface area contributed by atoms with Crippen LogP contribution in [-0.4, -0.2) is 215 Å². The van der Waals surface area contributed by atoms with Crippen molar-refractivity contribution in [1.82, 2.24) is 78.6 Å². The molecule has 1 fully saturated rings. The standard InChI is InChI=1S/C70H98N20O14S/c1-38(2)35-53-66(100)81-47(22-28-71)60(94)80-50(25-31-74)64(98)87-57(39(3)91)68(102)78-34-27-52(63(97)79-48(23-29-72)62(96)85-54(67(101)84-53)36-41-13-7-6-8-14-41)82-61(95)49(24-30-73)83-69(103)58(40(4)92)88-65(99)51(26-32-75)86-70(104)90-55-37-43(105-56-17-10-9-16-45(56)59(93)76-5)19-20-44(55)46(89-90)21-18-42-15-11-12-33-77-42/h6-21,33,37-40,47-54,57-58,91-92H,22-32,34-36,71-75H2,1-5H3,(H,76,93)(H,78,102)(H,79,97)(H,80,94)(H,81,100)(H,82,95)(H,83,103)(H,84,101)(H,85,96)(H,86,104)(H,87,98)(H,88,99)/b21-18+/t39-,40-,47+,48+,49+,50+,51+,52+,53+,54-,57+,58+/m1/s1. The second-order valence-electron chi connectivity index (χ2n) is 25.4. The molecule has 12 amide bonds. The summed E-state index contributed by atoms with van der Waals surface area (Å²) in [6, 6.07) is 9.44. The number of carbonyl (C=O) groups excluding carboxylic acids is 12. The van der Waals surface area contributed by atoms with Gasteiger partial charge in [0.1, 0.15) is 60.4 Å². The highest BCUT2D eigenvalue weighted by atomic mass is 32.2. The van der Waals surface area contributed by atoms with Crippen LogP contribution in [0.3, 0.4) is 0 Å². The lowest BCUT2D eigenvalue weighted by Gasteiger charge is -2.29. The summed E-state index contributed by atoms with van der Waals surface area (Å²) in [5, 5.41) is 58.0. The van der Waals surface area contributed by atoms with E-state index >= 15 is 0 Å². The van der Waals surface area contributed by atoms with Gasteiger partial charge in [-0.25, -0.2) is 4.79 Å². The van der Waals surface area contributed by atoms with E-state index in [1.54, 1.807) is 123 Å². The Hall–Kier alpha value is -10.3. The molecule has 0 aliphatic carbocycles. The van der Waals surface area contributed by atoms with E-state index in [1.807, 2.05) is 0 Å². The minimum Gasteiger partial charge on any atom is -0.391 e. The molecule has 35 heteroatoms. The van der Waals surface area contributed by atoms with Crippen molar-refractivity contribution in [3.63, 3.8) is 0 Å². The van der Waals surface area contributed by atoms with Crippen LogP contribution in [-0.2, 0) is 54.4 Å². The molecule has 0 saturated carbocycles. The lowest BCUT2D eigenvalue weighted by molar-refractivity contribution is -0.136. The first-order valence-corrected chi connectivity index (χ1v) is 35.4. The number of hydrogen-bond donors (Lipinski definition) is 19. The number of fused-ring (bicyclic) bond motifs is 1. The monoisotopic (exact) mass is 1470 g/mol. The van der Waals surface area contributed by atoms with Crippen molar-refractivity contribution in [2.75, 3.05) is 46.3 Å². The first-order valence-electron chi connectivity index (χ1n) is 34.6. The maximum Gasteiger partial charge on any atom is 0.343 e. The van der Waals surface area contributed by atoms with Gasteiger partial charge in [-0.05, 0) is 158 Å². The summed E-state index contributed by atoms with van der Waals surface area (Å²) in [5.41, 5.74) is 32.0. The van der Waals surface area contributed by atoms with Crippen LogP contribution in [0.1, 0.15) is 99.9 Å². The molecule has 1 aliphatic rings. The molecule has 24 N–H and O–H groups in total. The highest BCUT2D eigenvalue weighted by Gasteiger charge is 2.38. The predicted octanol–water partition coefficient (Wildman–Crippen LogP) is -3.28. The zero-order valence-corrected chi connectivity index (χ0v) is 60.0. The van der Waals surface area contributed by atoms with E-state index in [-0.39, 0.29) is 95.0 Å². The summed E-state index contributed by atoms with van der Waals surface area (Å²) >= 11 is 1.25. The number of amides is 12. The average molecular weight is 1480 g/mol. The number of benzene rings is 3. The van der Waals surface area contributed by atoms with Crippen LogP contribution in [0.2, 0.25) is 0 Å². The first kappa shape index (κ1) is 83.7. The Morgan fingerprint density at radius 1 is 0.610 bits per heavy atom. The average Bonchev–Trinajstić information content (AvgIpc) is 1.64. The topological polar surface area (TPSA) is 550 Å². The van der Waals surface area contributed by atoms with E-state index in [9.17, 15) is 67.7 Å². The van der Waals surface area contributed by atoms with Crippen molar-refractivity contribution in [1.29, 1.82) is 0 Å². The number of rotatable bonds is 28. The molecular weight excluding hydrogens is 1380 g/mol. The van der Waals surface area contributed by atoms with Gasteiger partial charge < -0.3 is 103 Å². The van der Waals surface area contributed by atoms with Gasteiger partial charge in [-0.15, -0.1) is 0 Å². The third-order valence-corrected chi connectivity index (χ3v) is 17.8. The SMILES string of the molecule is CNC(=O)c1ccccc1Sc1ccc2c(/C=C/c3ccccn3)nn(C(=O)N[C@@H](CCN)C(=O)N[C@H](C(=O)N[C@@H](CCN)C(=O)N[C@H]3CCNC(=O)[C@H]([C@@H](C)O)NC(=O)[C@H](CCN)NC(=O)[C@H](CCN)NC(=O)[C@H](CC(C)C)NC(=O)[C@@H](Cc4ccccc4)NC(=O)[C@H](CCN)NC3=O)[C@@H](C)O)c2c1. The molecule has 12 atom stereocenters. The molecule has 0 unspecified atom stereocenters. The zero-order valence-electron chi connectivity index (χ0n) is 59.2. The van der Waals surface area contributed by atoms with E-state index < -0.39 is 151 Å². The van der Waals surface area contributed by atoms with E-state index in [0.717, 1.165) is 4.68 Å². The quantitative estimate of drug-likeness (QED) is 0.0233. The molecule has 2 aromatic heterocycles. The van der Waals surface area contributed by atoms with Crippen molar-refractivity contribution in [2.24, 2.45) is 34.6 Å². The normalized spacial score (nSPS) is 20.5. The molecular formula is C70H98N20O14S. The van der Waals surface area contributed by atoms with Crippen molar-refractivity contribution in [3.05, 3.63) is 120 Å². The molecule has 105 heavy (non-hydrogen) atoms. The lowest BCUT2D eigenvalue weighted by Crippen LogP contribution is -2.62. The highest BCUT2D eigenvalue weighted by Crippen LogP contribution is 2.34. The van der Waals surface area contributed by atoms with Crippen LogP contribution in [0.5, 0.6) is 0 Å². The Bertz CT molecular complexity index is 3850. The molecule has 1 saturated heterocycles. The fourth-order valence-corrected chi connectivity index (χ4v) is 12.2. The molecule has 5 aromatic rings. The maximum absolute atomic E-state index is 14.8. The van der Waals surface area contributed by atoms with Crippen molar-refractivity contribution >= 4 is 106 Å². The summed E-state index contributed by atoms with van der Waals surface area (Å²) in [6.07, 6.45) is -0.156. The molecule has 3 heterocycles. The summed E-state index contributed by atoms with van der Waals surface area (Å²) in [4.78, 5) is 176. The van der Waals surface area contributed by atoms with Gasteiger partial charge in [0.25, 0.3) is 5.91 Å². The molecule has 0 spiro atoms. The van der Waals surface area contributed by atoms with E-state index in [2.05, 4.69) is 73.9 Å². The molecule has 0 bridgehead atoms. The number of carbonyl (C=O) groups is 12. The Morgan fingerprint density at radius 2 is 1.17 bits per heavy atom. The minimum absolute atomic E-state index is 0.0232. The molecule has 0 radical (unpaired) electrons. The number of nitrogens with two attached hydrogens (primary N) is 5. The van der Waals surface area contributed by atoms with Gasteiger partial charge in [-0.3, -0.25) is 57.7 Å². The van der Waals surface area contributed by atoms with E-state index in [0.29, 0.717) is 37.7 Å². The lowest BCUT2D eigenvalue weighted by atomic mass is 10.00. The number of hydrogen-bond acceptors (Lipinski definition) is 22. The zero-order chi connectivity index (χ0) is 76.9. The number of aliphatic hydroxyl groups excluding tert-OH is 2. The van der Waals surface area contributed by atoms with Crippen molar-refractivity contribution in [2.45, 2.75) is 161 Å². The summed E-state index contributed by atoms with van der Waals surface area (Å²) < 4.78 is 1.04. The molecule has 34 nitrogen and oxygen atoms in total. The van der Waals surface area contributed by atoms with Gasteiger partial charge in [-0.1, -0.05) is 74.1 Å². The Labute approximate surface area is 611 Å². The van der Waals surface area contributed by atoms with E-state index in [4.69, 9.17) is 28.7 Å². The van der Waals surface area contributed by atoms with Gasteiger partial charge in [-0.2, -0.15) is 9.78 Å². The van der Waals surface area contributed by atoms with Crippen LogP contribution in [0.15, 0.2) is 107 Å². The number of nitrogens with zero attached hydrogens (tertiary/aromatic N) is 3. The minimum atomic E-state index is -1.85. The molecule has 3 aromatic carbocycles. The van der Waals surface area contributed by atoms with Gasteiger partial charge in [0.15, 0.2) is 0 Å². The van der Waals surface area contributed by atoms with Gasteiger partial charge in [0.2, 0.25) is 59.1 Å². The Balaban J connectivity index is 1.29. The van der Waals surface area contributed by atoms with Crippen molar-refractivity contribution in [3.8, 4) is 0 Å². The number of aromatic nitrogens is 3. The predicted molar refractivity (Wildman–Crippen MR) is 391 cm³/mol. The fourth-order valence-electron chi connectivity index (χ4n) is 11.2. The largest absolute Gasteiger partial charge is 0.391 e. The van der Waals surface area contributed by atoms with E-state index in [1.165, 1.54) is 32.7 Å². The van der Waals surface area contributed by atoms with Crippen molar-refractivity contribution < 1.29 is 67.7 Å². The second-order valence-corrected chi connectivity index (χ2v) is 26.5. The van der Waals surface area contributed by atoms with Crippen LogP contribution < -0.4 is 92.5 Å². The molecule has 6 rings (SSSR count). The third kappa shape index (κ3) is 25.0. The molecule has 568 valence electrons. The fraction of sp³-hybridized carbons (Fsp3) is 0.457. The summed E-state index contributed by atoms with van der Waals surface area (Å²) in [7, 11) is 1.51. The highest BCUT2D eigenvalue weighted by molar-refractivity contribution is 7.99. The van der Waals surface area contributed by atoms with Crippen LogP contribution in [0.4, 0.5) is 4.79 Å². The smallest absolute Gasteiger partial charge is 0.343 e. The Morgan fingerprint density at radius 3 is 1.75 bits per heavy atom. The van der Waals surface area contributed by atoms with Gasteiger partial charge in [0.05, 0.1) is 34.7 Å². The Kier molecular flexibility index (Phi) is 33.4. The second kappa shape index (κ2) is 41.9. The number of aliphatic hydroxyl groups is 2. The maximum atomic E-state index is 14.8. The summed E-state index contributed by atoms with van der Waals surface area (Å²) in [5.74, 6) is -10.4. The third-order valence-electron chi connectivity index (χ3n) is 16.7. The van der Waals surface area contributed by atoms with Crippen LogP contribution in [0, 0.1) is 5.92 Å². The number of pyridine rings is 1. The van der Waals surface area contributed by atoms with Gasteiger partial charge >= 0.3 is 6.03 Å². The van der Waals surface area contributed by atoms with Crippen LogP contribution >= 0.6 is 11.8 Å². The summed E-state index contributed by atoms with van der Waals surface area (Å²) in [6.45, 7) is 4.41. The first-order chi connectivity index (χ1) is 50.2. The number of nitrogens with one attached hydrogen (secondary N) is 12.